The van der Waals surface area contributed by atoms with Gasteiger partial charge < -0.3 is 15.5 Å². The molecule has 0 aliphatic carbocycles. The number of rotatable bonds is 5. The van der Waals surface area contributed by atoms with Crippen LogP contribution < -0.4 is 5.32 Å². The van der Waals surface area contributed by atoms with Crippen molar-refractivity contribution in [3.05, 3.63) is 31.8 Å². The molecule has 0 fully saturated rings. The van der Waals surface area contributed by atoms with Crippen LogP contribution in [0.2, 0.25) is 0 Å². The first-order valence-electron chi connectivity index (χ1n) is 5.01. The minimum Gasteiger partial charge on any atom is -0.481 e. The maximum absolute atomic E-state index is 11.9. The molecule has 0 radical (unpaired) electrons. The lowest BCUT2D eigenvalue weighted by molar-refractivity contribution is -0.145. The van der Waals surface area contributed by atoms with Crippen LogP contribution in [0.1, 0.15) is 16.8 Å². The summed E-state index contributed by atoms with van der Waals surface area (Å²) in [6.07, 6.45) is -0.678. The van der Waals surface area contributed by atoms with Crippen molar-refractivity contribution in [3.63, 3.8) is 0 Å². The van der Waals surface area contributed by atoms with Crippen molar-refractivity contribution in [1.82, 2.24) is 5.32 Å². The summed E-state index contributed by atoms with van der Waals surface area (Å²) in [5.74, 6) is -3.33. The maximum atomic E-state index is 11.9. The number of carbonyl (C=O) groups is 3. The number of amides is 1. The topological polar surface area (TPSA) is 104 Å². The molecule has 1 rings (SSSR count). The summed E-state index contributed by atoms with van der Waals surface area (Å²) in [4.78, 5) is 33.3. The number of carboxylic acid groups (broad SMARTS) is 2. The zero-order valence-electron chi connectivity index (χ0n) is 9.39. The van der Waals surface area contributed by atoms with E-state index in [0.29, 0.717) is 4.47 Å². The second kappa shape index (κ2) is 6.85. The molecule has 19 heavy (non-hydrogen) atoms. The van der Waals surface area contributed by atoms with E-state index in [9.17, 15) is 14.4 Å². The Labute approximate surface area is 130 Å². The molecule has 6 nitrogen and oxygen atoms in total. The molecule has 0 saturated heterocycles. The van der Waals surface area contributed by atoms with Gasteiger partial charge in [0.15, 0.2) is 0 Å². The molecular formula is C11H9BrINO5. The van der Waals surface area contributed by atoms with Gasteiger partial charge in [0.25, 0.3) is 5.91 Å². The fraction of sp³-hybridized carbons (Fsp3) is 0.182. The molecule has 0 aliphatic heterocycles. The van der Waals surface area contributed by atoms with Gasteiger partial charge in [0.1, 0.15) is 6.04 Å². The van der Waals surface area contributed by atoms with Crippen molar-refractivity contribution >= 4 is 56.4 Å². The number of halogens is 2. The highest BCUT2D eigenvalue weighted by atomic mass is 127. The third-order valence-electron chi connectivity index (χ3n) is 2.16. The number of hydrogen-bond acceptors (Lipinski definition) is 3. The lowest BCUT2D eigenvalue weighted by Gasteiger charge is -2.13. The normalized spacial score (nSPS) is 11.7. The molecular weight excluding hydrogens is 433 g/mol. The third-order valence-corrected chi connectivity index (χ3v) is 3.52. The summed E-state index contributed by atoms with van der Waals surface area (Å²) < 4.78 is 1.31. The fourth-order valence-electron chi connectivity index (χ4n) is 1.28. The van der Waals surface area contributed by atoms with Crippen molar-refractivity contribution in [1.29, 1.82) is 0 Å². The van der Waals surface area contributed by atoms with Crippen molar-refractivity contribution in [3.8, 4) is 0 Å². The van der Waals surface area contributed by atoms with E-state index < -0.39 is 30.3 Å². The Morgan fingerprint density at radius 1 is 1.32 bits per heavy atom. The van der Waals surface area contributed by atoms with Crippen molar-refractivity contribution in [2.75, 3.05) is 0 Å². The van der Waals surface area contributed by atoms with Gasteiger partial charge in [-0.2, -0.15) is 0 Å². The summed E-state index contributed by atoms with van der Waals surface area (Å²) >= 11 is 5.19. The van der Waals surface area contributed by atoms with E-state index in [1.807, 2.05) is 22.6 Å². The van der Waals surface area contributed by atoms with E-state index in [-0.39, 0.29) is 5.56 Å². The van der Waals surface area contributed by atoms with E-state index in [1.54, 1.807) is 18.2 Å². The molecule has 0 saturated carbocycles. The van der Waals surface area contributed by atoms with E-state index >= 15 is 0 Å². The van der Waals surface area contributed by atoms with Gasteiger partial charge in [0, 0.05) is 8.04 Å². The summed E-state index contributed by atoms with van der Waals surface area (Å²) in [5.41, 5.74) is 0.253. The van der Waals surface area contributed by atoms with Gasteiger partial charge in [0.2, 0.25) is 0 Å². The zero-order valence-corrected chi connectivity index (χ0v) is 13.1. The largest absolute Gasteiger partial charge is 0.481 e. The highest BCUT2D eigenvalue weighted by Crippen LogP contribution is 2.19. The van der Waals surface area contributed by atoms with Crippen LogP contribution in [0.3, 0.4) is 0 Å². The van der Waals surface area contributed by atoms with Gasteiger partial charge in [-0.25, -0.2) is 4.79 Å². The molecule has 0 aliphatic rings. The predicted molar refractivity (Wildman–Crippen MR) is 78.0 cm³/mol. The van der Waals surface area contributed by atoms with Crippen LogP contribution in [-0.2, 0) is 9.59 Å². The van der Waals surface area contributed by atoms with Gasteiger partial charge in [-0.05, 0) is 56.7 Å². The van der Waals surface area contributed by atoms with E-state index in [4.69, 9.17) is 10.2 Å². The first-order valence-corrected chi connectivity index (χ1v) is 6.89. The lowest BCUT2D eigenvalue weighted by atomic mass is 10.1. The first-order chi connectivity index (χ1) is 8.81. The fourth-order valence-corrected chi connectivity index (χ4v) is 2.20. The second-order valence-corrected chi connectivity index (χ2v) is 5.69. The monoisotopic (exact) mass is 441 g/mol. The SMILES string of the molecule is O=C(O)C[C@H](NC(=O)c1cc(I)ccc1Br)C(=O)O. The molecule has 0 bridgehead atoms. The Kier molecular flexibility index (Phi) is 5.73. The first kappa shape index (κ1) is 15.9. The second-order valence-electron chi connectivity index (χ2n) is 3.59. The average molecular weight is 442 g/mol. The van der Waals surface area contributed by atoms with Crippen molar-refractivity contribution < 1.29 is 24.6 Å². The highest BCUT2D eigenvalue weighted by Gasteiger charge is 2.24. The quantitative estimate of drug-likeness (QED) is 0.603. The Morgan fingerprint density at radius 3 is 2.47 bits per heavy atom. The smallest absolute Gasteiger partial charge is 0.326 e. The highest BCUT2D eigenvalue weighted by molar-refractivity contribution is 14.1. The van der Waals surface area contributed by atoms with Gasteiger partial charge in [-0.15, -0.1) is 0 Å². The average Bonchev–Trinajstić information content (AvgIpc) is 2.30. The molecule has 0 spiro atoms. The van der Waals surface area contributed by atoms with E-state index in [2.05, 4.69) is 21.2 Å². The molecule has 8 heteroatoms. The number of hydrogen-bond donors (Lipinski definition) is 3. The molecule has 1 atom stereocenters. The number of nitrogens with one attached hydrogen (secondary N) is 1. The van der Waals surface area contributed by atoms with E-state index in [1.165, 1.54) is 0 Å². The molecule has 1 aromatic carbocycles. The molecule has 1 aromatic rings. The Morgan fingerprint density at radius 2 is 1.95 bits per heavy atom. The molecule has 1 amide bonds. The van der Waals surface area contributed by atoms with Gasteiger partial charge in [-0.3, -0.25) is 9.59 Å². The Balaban J connectivity index is 2.90. The van der Waals surface area contributed by atoms with Gasteiger partial charge in [-0.1, -0.05) is 0 Å². The summed E-state index contributed by atoms with van der Waals surface area (Å²) in [6, 6.07) is 3.53. The van der Waals surface area contributed by atoms with Crippen LogP contribution in [-0.4, -0.2) is 34.1 Å². The van der Waals surface area contributed by atoms with Gasteiger partial charge >= 0.3 is 11.9 Å². The Bertz CT molecular complexity index is 534. The minimum atomic E-state index is -1.46. The van der Waals surface area contributed by atoms with Crippen LogP contribution in [0.25, 0.3) is 0 Å². The summed E-state index contributed by atoms with van der Waals surface area (Å²) in [6.45, 7) is 0. The Hall–Kier alpha value is -1.16. The summed E-state index contributed by atoms with van der Waals surface area (Å²) in [7, 11) is 0. The number of carbonyl (C=O) groups excluding carboxylic acids is 1. The predicted octanol–water partition coefficient (Wildman–Crippen LogP) is 1.71. The molecule has 102 valence electrons. The third kappa shape index (κ3) is 4.78. The molecule has 3 N–H and O–H groups in total. The van der Waals surface area contributed by atoms with Crippen LogP contribution in [0.4, 0.5) is 0 Å². The van der Waals surface area contributed by atoms with Crippen LogP contribution in [0.15, 0.2) is 22.7 Å². The van der Waals surface area contributed by atoms with Crippen molar-refractivity contribution in [2.45, 2.75) is 12.5 Å². The molecule has 0 heterocycles. The molecule has 0 unspecified atom stereocenters. The number of aliphatic carboxylic acids is 2. The van der Waals surface area contributed by atoms with Crippen LogP contribution in [0, 0.1) is 3.57 Å². The molecule has 0 aromatic heterocycles. The van der Waals surface area contributed by atoms with Gasteiger partial charge in [0.05, 0.1) is 12.0 Å². The van der Waals surface area contributed by atoms with E-state index in [0.717, 1.165) is 3.57 Å². The number of carboxylic acids is 2. The minimum absolute atomic E-state index is 0.253. The maximum Gasteiger partial charge on any atom is 0.326 e. The zero-order chi connectivity index (χ0) is 14.6. The summed E-state index contributed by atoms with van der Waals surface area (Å²) in [5, 5.41) is 19.6. The van der Waals surface area contributed by atoms with Crippen LogP contribution in [0.5, 0.6) is 0 Å². The van der Waals surface area contributed by atoms with Crippen LogP contribution >= 0.6 is 38.5 Å². The van der Waals surface area contributed by atoms with Crippen molar-refractivity contribution in [2.24, 2.45) is 0 Å². The number of benzene rings is 1. The lowest BCUT2D eigenvalue weighted by Crippen LogP contribution is -2.42. The standard InChI is InChI=1S/C11H9BrINO5/c12-7-2-1-5(13)3-6(7)10(17)14-8(11(18)19)4-9(15)16/h1-3,8H,4H2,(H,14,17)(H,15,16)(H,18,19)/t8-/m0/s1.